The molecular weight excluding hydrogens is 196 g/mol. The summed E-state index contributed by atoms with van der Waals surface area (Å²) in [6, 6.07) is 0. The van der Waals surface area contributed by atoms with E-state index in [1.54, 1.807) is 11.9 Å². The van der Waals surface area contributed by atoms with E-state index in [1.807, 2.05) is 6.92 Å². The molecule has 3 nitrogen and oxygen atoms in total. The molecule has 80 valence electrons. The van der Waals surface area contributed by atoms with E-state index in [-0.39, 0.29) is 5.91 Å². The molecule has 4 heteroatoms. The largest absolute Gasteiger partial charge is 0.392 e. The molecule has 1 aliphatic carbocycles. The van der Waals surface area contributed by atoms with Gasteiger partial charge in [0.1, 0.15) is 0 Å². The Bertz CT molecular complexity index is 259. The topological polar surface area (TPSA) is 46.3 Å². The molecule has 0 aromatic carbocycles. The molecule has 2 N–H and O–H groups in total. The van der Waals surface area contributed by atoms with Gasteiger partial charge in [-0.2, -0.15) is 0 Å². The Kier molecular flexibility index (Phi) is 3.14. The minimum absolute atomic E-state index is 0.0885. The first-order chi connectivity index (χ1) is 6.44. The summed E-state index contributed by atoms with van der Waals surface area (Å²) in [4.78, 5) is 14.1. The molecule has 0 bridgehead atoms. The Hall–Kier alpha value is -0.640. The summed E-state index contributed by atoms with van der Waals surface area (Å²) in [5, 5.41) is 0. The minimum atomic E-state index is -0.528. The van der Waals surface area contributed by atoms with Crippen LogP contribution in [0.4, 0.5) is 0 Å². The summed E-state index contributed by atoms with van der Waals surface area (Å²) in [5.74, 6) is 0.649. The number of amides is 1. The third kappa shape index (κ3) is 1.63. The van der Waals surface area contributed by atoms with Gasteiger partial charge in [-0.05, 0) is 25.7 Å². The maximum Gasteiger partial charge on any atom is 0.235 e. The van der Waals surface area contributed by atoms with Crippen LogP contribution in [0.15, 0.2) is 0 Å². The number of rotatable bonds is 3. The number of hydrogen-bond donors (Lipinski definition) is 1. The van der Waals surface area contributed by atoms with E-state index in [0.29, 0.717) is 17.5 Å². The van der Waals surface area contributed by atoms with Crippen LogP contribution in [-0.4, -0.2) is 29.4 Å². The van der Waals surface area contributed by atoms with E-state index in [2.05, 4.69) is 6.92 Å². The van der Waals surface area contributed by atoms with Crippen molar-refractivity contribution < 1.29 is 4.79 Å². The molecule has 0 spiro atoms. The smallest absolute Gasteiger partial charge is 0.235 e. The van der Waals surface area contributed by atoms with E-state index < -0.39 is 5.41 Å². The van der Waals surface area contributed by atoms with Crippen LogP contribution >= 0.6 is 12.2 Å². The number of thiocarbonyl (C=S) groups is 1. The molecule has 1 rings (SSSR count). The van der Waals surface area contributed by atoms with Crippen LogP contribution in [0.5, 0.6) is 0 Å². The van der Waals surface area contributed by atoms with E-state index in [1.165, 1.54) is 0 Å². The average molecular weight is 214 g/mol. The maximum absolute atomic E-state index is 12.0. The van der Waals surface area contributed by atoms with Crippen LogP contribution in [-0.2, 0) is 4.79 Å². The molecular formula is C10H18N2OS. The first-order valence-corrected chi connectivity index (χ1v) is 5.40. The highest BCUT2D eigenvalue weighted by Crippen LogP contribution is 2.46. The predicted molar refractivity (Wildman–Crippen MR) is 60.9 cm³/mol. The molecule has 0 aromatic heterocycles. The van der Waals surface area contributed by atoms with Gasteiger partial charge in [-0.15, -0.1) is 0 Å². The molecule has 0 heterocycles. The predicted octanol–water partition coefficient (Wildman–Crippen LogP) is 1.17. The third-order valence-corrected chi connectivity index (χ3v) is 3.49. The maximum atomic E-state index is 12.0. The lowest BCUT2D eigenvalue weighted by molar-refractivity contribution is -0.142. The van der Waals surface area contributed by atoms with Crippen molar-refractivity contribution in [2.45, 2.75) is 26.7 Å². The lowest BCUT2D eigenvalue weighted by Crippen LogP contribution is -2.56. The monoisotopic (exact) mass is 214 g/mol. The van der Waals surface area contributed by atoms with Crippen LogP contribution in [0.3, 0.4) is 0 Å². The second kappa shape index (κ2) is 3.85. The Labute approximate surface area is 90.6 Å². The van der Waals surface area contributed by atoms with Crippen molar-refractivity contribution in [3.8, 4) is 0 Å². The van der Waals surface area contributed by atoms with Crippen molar-refractivity contribution in [3.05, 3.63) is 0 Å². The van der Waals surface area contributed by atoms with Gasteiger partial charge < -0.3 is 10.6 Å². The minimum Gasteiger partial charge on any atom is -0.392 e. The molecule has 0 unspecified atom stereocenters. The van der Waals surface area contributed by atoms with Gasteiger partial charge in [0.15, 0.2) is 0 Å². The van der Waals surface area contributed by atoms with Gasteiger partial charge in [0, 0.05) is 13.6 Å². The van der Waals surface area contributed by atoms with Crippen molar-refractivity contribution in [1.29, 1.82) is 0 Å². The van der Waals surface area contributed by atoms with Crippen molar-refractivity contribution in [2.24, 2.45) is 17.1 Å². The summed E-state index contributed by atoms with van der Waals surface area (Å²) < 4.78 is 0. The zero-order valence-corrected chi connectivity index (χ0v) is 9.86. The van der Waals surface area contributed by atoms with Crippen molar-refractivity contribution in [2.75, 3.05) is 13.6 Å². The Morgan fingerprint density at radius 2 is 2.14 bits per heavy atom. The standard InChI is InChI=1S/C10H18N2OS/c1-4-12(3)9(13)10(8(11)14)5-7(2)6-10/h7H,4-6H2,1-3H3,(H2,11,14). The van der Waals surface area contributed by atoms with Gasteiger partial charge >= 0.3 is 0 Å². The number of hydrogen-bond acceptors (Lipinski definition) is 2. The molecule has 0 radical (unpaired) electrons. The quantitative estimate of drug-likeness (QED) is 0.717. The summed E-state index contributed by atoms with van der Waals surface area (Å²) >= 11 is 5.01. The van der Waals surface area contributed by atoms with Crippen molar-refractivity contribution in [1.82, 2.24) is 4.90 Å². The second-order valence-electron chi connectivity index (χ2n) is 4.28. The molecule has 1 fully saturated rings. The van der Waals surface area contributed by atoms with Crippen LogP contribution in [0.2, 0.25) is 0 Å². The van der Waals surface area contributed by atoms with Gasteiger partial charge in [-0.3, -0.25) is 4.79 Å². The zero-order chi connectivity index (χ0) is 10.9. The van der Waals surface area contributed by atoms with Crippen LogP contribution in [0.25, 0.3) is 0 Å². The first kappa shape index (κ1) is 11.4. The molecule has 1 amide bonds. The highest BCUT2D eigenvalue weighted by atomic mass is 32.1. The van der Waals surface area contributed by atoms with Crippen LogP contribution < -0.4 is 5.73 Å². The molecule has 0 atom stereocenters. The SMILES string of the molecule is CCN(C)C(=O)C1(C(N)=S)CC(C)C1. The van der Waals surface area contributed by atoms with Gasteiger partial charge in [0.25, 0.3) is 0 Å². The fourth-order valence-corrected chi connectivity index (χ4v) is 2.37. The second-order valence-corrected chi connectivity index (χ2v) is 4.72. The van der Waals surface area contributed by atoms with Crippen LogP contribution in [0, 0.1) is 11.3 Å². The summed E-state index contributed by atoms with van der Waals surface area (Å²) in [6.07, 6.45) is 1.62. The van der Waals surface area contributed by atoms with E-state index >= 15 is 0 Å². The summed E-state index contributed by atoms with van der Waals surface area (Å²) in [6.45, 7) is 4.78. The molecule has 1 saturated carbocycles. The number of nitrogens with zero attached hydrogens (tertiary/aromatic N) is 1. The van der Waals surface area contributed by atoms with Crippen molar-refractivity contribution >= 4 is 23.1 Å². The Balaban J connectivity index is 2.80. The number of carbonyl (C=O) groups excluding carboxylic acids is 1. The van der Waals surface area contributed by atoms with E-state index in [0.717, 1.165) is 12.8 Å². The third-order valence-electron chi connectivity index (χ3n) is 3.10. The van der Waals surface area contributed by atoms with Crippen LogP contribution in [0.1, 0.15) is 26.7 Å². The fourth-order valence-electron chi connectivity index (χ4n) is 2.12. The summed E-state index contributed by atoms with van der Waals surface area (Å²) in [7, 11) is 1.80. The molecule has 0 aromatic rings. The number of nitrogens with two attached hydrogens (primary N) is 1. The first-order valence-electron chi connectivity index (χ1n) is 4.99. The molecule has 0 saturated heterocycles. The molecule has 14 heavy (non-hydrogen) atoms. The van der Waals surface area contributed by atoms with Gasteiger partial charge in [0.05, 0.1) is 10.4 Å². The highest BCUT2D eigenvalue weighted by molar-refractivity contribution is 7.80. The van der Waals surface area contributed by atoms with Gasteiger partial charge in [0.2, 0.25) is 5.91 Å². The van der Waals surface area contributed by atoms with E-state index in [4.69, 9.17) is 18.0 Å². The summed E-state index contributed by atoms with van der Waals surface area (Å²) in [5.41, 5.74) is 5.14. The van der Waals surface area contributed by atoms with E-state index in [9.17, 15) is 4.79 Å². The fraction of sp³-hybridized carbons (Fsp3) is 0.800. The Morgan fingerprint density at radius 1 is 1.64 bits per heavy atom. The molecule has 1 aliphatic rings. The average Bonchev–Trinajstić information content (AvgIpc) is 2.09. The lowest BCUT2D eigenvalue weighted by atomic mass is 9.61. The van der Waals surface area contributed by atoms with Gasteiger partial charge in [-0.1, -0.05) is 19.1 Å². The normalized spacial score (nSPS) is 30.6. The molecule has 0 aliphatic heterocycles. The zero-order valence-electron chi connectivity index (χ0n) is 9.04. The van der Waals surface area contributed by atoms with Crippen molar-refractivity contribution in [3.63, 3.8) is 0 Å². The lowest BCUT2D eigenvalue weighted by Gasteiger charge is -2.45. The highest BCUT2D eigenvalue weighted by Gasteiger charge is 2.51. The van der Waals surface area contributed by atoms with Gasteiger partial charge in [-0.25, -0.2) is 0 Å². The Morgan fingerprint density at radius 3 is 2.43 bits per heavy atom. The number of carbonyl (C=O) groups is 1.